The molecular weight excluding hydrogens is 368 g/mol. The maximum atomic E-state index is 13.5. The summed E-state index contributed by atoms with van der Waals surface area (Å²) in [6, 6.07) is 27.1. The van der Waals surface area contributed by atoms with Crippen LogP contribution in [0.2, 0.25) is 0 Å². The molecule has 0 unspecified atom stereocenters. The number of anilines is 2. The maximum absolute atomic E-state index is 13.5. The molecule has 3 heteroatoms. The van der Waals surface area contributed by atoms with Gasteiger partial charge in [-0.25, -0.2) is 0 Å². The predicted octanol–water partition coefficient (Wildman–Crippen LogP) is 6.23. The number of carbonyl (C=O) groups excluding carboxylic acids is 1. The summed E-state index contributed by atoms with van der Waals surface area (Å²) in [4.78, 5) is 13.5. The highest BCUT2D eigenvalue weighted by atomic mass is 16.1. The highest BCUT2D eigenvalue weighted by Gasteiger charge is 2.35. The fourth-order valence-corrected chi connectivity index (χ4v) is 4.65. The minimum absolute atomic E-state index is 0.147. The third-order valence-corrected chi connectivity index (χ3v) is 6.30. The first-order valence-electron chi connectivity index (χ1n) is 10.8. The number of para-hydroxylation sites is 2. The van der Waals surface area contributed by atoms with Crippen LogP contribution in [0.5, 0.6) is 0 Å². The van der Waals surface area contributed by atoms with Crippen molar-refractivity contribution in [1.82, 2.24) is 0 Å². The van der Waals surface area contributed by atoms with Crippen molar-refractivity contribution in [3.63, 3.8) is 0 Å². The average molecular weight is 395 g/mol. The number of ketones is 1. The van der Waals surface area contributed by atoms with Gasteiger partial charge in [0.2, 0.25) is 0 Å². The molecule has 1 aliphatic heterocycles. The van der Waals surface area contributed by atoms with Crippen molar-refractivity contribution >= 4 is 17.2 Å². The molecule has 0 saturated heterocycles. The number of nitrogens with one attached hydrogen (secondary N) is 2. The molecule has 0 radical (unpaired) electrons. The first-order chi connectivity index (χ1) is 14.7. The van der Waals surface area contributed by atoms with Crippen molar-refractivity contribution in [2.45, 2.75) is 38.1 Å². The van der Waals surface area contributed by atoms with Gasteiger partial charge in [0.15, 0.2) is 5.78 Å². The van der Waals surface area contributed by atoms with Crippen molar-refractivity contribution in [3.8, 4) is 0 Å². The summed E-state index contributed by atoms with van der Waals surface area (Å²) in [7, 11) is 0. The minimum atomic E-state index is -0.147. The molecular formula is C27H26N2O. The number of hydrogen-bond acceptors (Lipinski definition) is 3. The molecule has 2 N–H and O–H groups in total. The molecule has 1 heterocycles. The lowest BCUT2D eigenvalue weighted by molar-refractivity contribution is -0.116. The van der Waals surface area contributed by atoms with E-state index in [0.717, 1.165) is 41.1 Å². The lowest BCUT2D eigenvalue weighted by Crippen LogP contribution is -2.26. The van der Waals surface area contributed by atoms with Crippen LogP contribution in [0.4, 0.5) is 11.4 Å². The van der Waals surface area contributed by atoms with E-state index in [1.54, 1.807) is 0 Å². The Morgan fingerprint density at radius 1 is 0.800 bits per heavy atom. The van der Waals surface area contributed by atoms with Gasteiger partial charge in [-0.2, -0.15) is 0 Å². The smallest absolute Gasteiger partial charge is 0.163 e. The van der Waals surface area contributed by atoms with Crippen molar-refractivity contribution in [2.75, 3.05) is 10.6 Å². The molecule has 2 atom stereocenters. The van der Waals surface area contributed by atoms with Crippen molar-refractivity contribution in [1.29, 1.82) is 0 Å². The number of allylic oxidation sites excluding steroid dienone is 1. The second-order valence-electron chi connectivity index (χ2n) is 8.17. The summed E-state index contributed by atoms with van der Waals surface area (Å²) in [6.07, 6.45) is 2.39. The second-order valence-corrected chi connectivity index (χ2v) is 8.17. The van der Waals surface area contributed by atoms with Crippen LogP contribution in [0.15, 0.2) is 90.1 Å². The predicted molar refractivity (Wildman–Crippen MR) is 123 cm³/mol. The molecule has 0 spiro atoms. The Kier molecular flexibility index (Phi) is 4.88. The standard InChI is InChI=1S/C27H26N2O/c1-2-18-12-14-20(15-13-18)27-26-24(28-22-10-6-7-11-23(22)29-27)16-21(17-25(26)30)19-8-4-3-5-9-19/h3-15,21,27-29H,2,16-17H2,1H3/t21-,27-/m0/s1. The van der Waals surface area contributed by atoms with Gasteiger partial charge >= 0.3 is 0 Å². The summed E-state index contributed by atoms with van der Waals surface area (Å²) in [5, 5.41) is 7.27. The van der Waals surface area contributed by atoms with Crippen LogP contribution in [-0.4, -0.2) is 5.78 Å². The Balaban J connectivity index is 1.60. The molecule has 30 heavy (non-hydrogen) atoms. The number of fused-ring (bicyclic) bond motifs is 1. The first-order valence-corrected chi connectivity index (χ1v) is 10.8. The Morgan fingerprint density at radius 2 is 1.50 bits per heavy atom. The van der Waals surface area contributed by atoms with Crippen LogP contribution in [0.1, 0.15) is 48.4 Å². The Hall–Kier alpha value is -3.33. The van der Waals surface area contributed by atoms with Gasteiger partial charge in [0.25, 0.3) is 0 Å². The normalized spacial score (nSPS) is 20.5. The molecule has 3 nitrogen and oxygen atoms in total. The maximum Gasteiger partial charge on any atom is 0.163 e. The number of benzene rings is 3. The first kappa shape index (κ1) is 18.7. The topological polar surface area (TPSA) is 41.1 Å². The molecule has 3 aromatic rings. The van der Waals surface area contributed by atoms with E-state index in [9.17, 15) is 4.79 Å². The number of carbonyl (C=O) groups is 1. The van der Waals surface area contributed by atoms with E-state index in [0.29, 0.717) is 6.42 Å². The van der Waals surface area contributed by atoms with E-state index in [1.165, 1.54) is 11.1 Å². The lowest BCUT2D eigenvalue weighted by atomic mass is 9.78. The Bertz CT molecular complexity index is 1100. The van der Waals surface area contributed by atoms with Gasteiger partial charge in [-0.1, -0.05) is 73.7 Å². The third-order valence-electron chi connectivity index (χ3n) is 6.30. The van der Waals surface area contributed by atoms with Crippen LogP contribution < -0.4 is 10.6 Å². The molecule has 1 aliphatic carbocycles. The molecule has 2 aliphatic rings. The van der Waals surface area contributed by atoms with E-state index < -0.39 is 0 Å². The molecule has 150 valence electrons. The quantitative estimate of drug-likeness (QED) is 0.553. The summed E-state index contributed by atoms with van der Waals surface area (Å²) in [5.74, 6) is 0.431. The van der Waals surface area contributed by atoms with Crippen LogP contribution >= 0.6 is 0 Å². The summed E-state index contributed by atoms with van der Waals surface area (Å²) < 4.78 is 0. The van der Waals surface area contributed by atoms with Gasteiger partial charge in [0.05, 0.1) is 17.4 Å². The molecule has 0 saturated carbocycles. The van der Waals surface area contributed by atoms with Crippen LogP contribution in [-0.2, 0) is 11.2 Å². The highest BCUT2D eigenvalue weighted by molar-refractivity contribution is 6.01. The lowest BCUT2D eigenvalue weighted by Gasteiger charge is -2.30. The molecule has 3 aromatic carbocycles. The van der Waals surface area contributed by atoms with Gasteiger partial charge in [0.1, 0.15) is 0 Å². The Morgan fingerprint density at radius 3 is 2.23 bits per heavy atom. The van der Waals surface area contributed by atoms with Crippen molar-refractivity contribution in [3.05, 3.63) is 107 Å². The average Bonchev–Trinajstić information content (AvgIpc) is 2.96. The van der Waals surface area contributed by atoms with Crippen LogP contribution in [0.25, 0.3) is 0 Å². The van der Waals surface area contributed by atoms with Crippen molar-refractivity contribution in [2.24, 2.45) is 0 Å². The van der Waals surface area contributed by atoms with Crippen LogP contribution in [0.3, 0.4) is 0 Å². The monoisotopic (exact) mass is 394 g/mol. The molecule has 0 fully saturated rings. The van der Waals surface area contributed by atoms with E-state index in [4.69, 9.17) is 0 Å². The van der Waals surface area contributed by atoms with Gasteiger partial charge in [-0.3, -0.25) is 4.79 Å². The van der Waals surface area contributed by atoms with Gasteiger partial charge < -0.3 is 10.6 Å². The largest absolute Gasteiger partial charge is 0.372 e. The Labute approximate surface area is 177 Å². The summed E-state index contributed by atoms with van der Waals surface area (Å²) >= 11 is 0. The second kappa shape index (κ2) is 7.83. The zero-order chi connectivity index (χ0) is 20.5. The number of hydrogen-bond donors (Lipinski definition) is 2. The summed E-state index contributed by atoms with van der Waals surface area (Å²) in [6.45, 7) is 2.16. The van der Waals surface area contributed by atoms with E-state index in [2.05, 4.69) is 78.2 Å². The van der Waals surface area contributed by atoms with Gasteiger partial charge in [-0.15, -0.1) is 0 Å². The zero-order valence-electron chi connectivity index (χ0n) is 17.2. The van der Waals surface area contributed by atoms with Crippen molar-refractivity contribution < 1.29 is 4.79 Å². The SMILES string of the molecule is CCc1ccc([C@@H]2Nc3ccccc3NC3=C2C(=O)C[C@@H](c2ccccc2)C3)cc1. The highest BCUT2D eigenvalue weighted by Crippen LogP contribution is 2.44. The fraction of sp³-hybridized carbons (Fsp3) is 0.222. The zero-order valence-corrected chi connectivity index (χ0v) is 17.2. The minimum Gasteiger partial charge on any atom is -0.372 e. The molecule has 5 rings (SSSR count). The number of aryl methyl sites for hydroxylation is 1. The third kappa shape index (κ3) is 3.41. The fourth-order valence-electron chi connectivity index (χ4n) is 4.65. The molecule has 0 bridgehead atoms. The number of rotatable bonds is 3. The van der Waals surface area contributed by atoms with Gasteiger partial charge in [0, 0.05) is 17.7 Å². The van der Waals surface area contributed by atoms with E-state index in [-0.39, 0.29) is 17.7 Å². The van der Waals surface area contributed by atoms with E-state index in [1.807, 2.05) is 18.2 Å². The summed E-state index contributed by atoms with van der Waals surface area (Å²) in [5.41, 5.74) is 7.64. The van der Waals surface area contributed by atoms with Crippen LogP contribution in [0, 0.1) is 0 Å². The number of Topliss-reactive ketones (excluding diaryl/α,β-unsaturated/α-hetero) is 1. The van der Waals surface area contributed by atoms with E-state index >= 15 is 0 Å². The molecule has 0 aromatic heterocycles. The molecule has 0 amide bonds. The van der Waals surface area contributed by atoms with Gasteiger partial charge in [-0.05, 0) is 47.6 Å².